The van der Waals surface area contributed by atoms with E-state index in [0.29, 0.717) is 12.6 Å². The number of aliphatic hydroxyl groups excluding tert-OH is 1. The molecule has 0 spiro atoms. The van der Waals surface area contributed by atoms with Gasteiger partial charge in [-0.2, -0.15) is 0 Å². The summed E-state index contributed by atoms with van der Waals surface area (Å²) < 4.78 is 0. The van der Waals surface area contributed by atoms with Gasteiger partial charge in [0.15, 0.2) is 0 Å². The highest BCUT2D eigenvalue weighted by Crippen LogP contribution is 2.10. The molecule has 0 radical (unpaired) electrons. The summed E-state index contributed by atoms with van der Waals surface area (Å²) in [6.07, 6.45) is 1.21. The van der Waals surface area contributed by atoms with Gasteiger partial charge in [0, 0.05) is 44.8 Å². The van der Waals surface area contributed by atoms with Gasteiger partial charge in [-0.3, -0.25) is 9.80 Å². The summed E-state index contributed by atoms with van der Waals surface area (Å²) in [5, 5.41) is 9.16. The van der Waals surface area contributed by atoms with Crippen LogP contribution in [0.3, 0.4) is 0 Å². The molecule has 0 aromatic carbocycles. The van der Waals surface area contributed by atoms with Crippen LogP contribution >= 0.6 is 0 Å². The van der Waals surface area contributed by atoms with E-state index in [4.69, 9.17) is 10.8 Å². The third kappa shape index (κ3) is 3.41. The van der Waals surface area contributed by atoms with Gasteiger partial charge in [0.1, 0.15) is 0 Å². The van der Waals surface area contributed by atoms with Crippen molar-refractivity contribution < 1.29 is 5.11 Å². The van der Waals surface area contributed by atoms with Gasteiger partial charge < -0.3 is 10.8 Å². The molecule has 3 N–H and O–H groups in total. The fraction of sp³-hybridized carbons (Fsp3) is 1.00. The Labute approximate surface area is 93.0 Å². The lowest BCUT2D eigenvalue weighted by atomic mass is 10.1. The van der Waals surface area contributed by atoms with E-state index >= 15 is 0 Å². The SMILES string of the molecule is CCC(C)N1CCN(C(CN)CO)CC1. The third-order valence-corrected chi connectivity index (χ3v) is 3.56. The van der Waals surface area contributed by atoms with Gasteiger partial charge in [0.2, 0.25) is 0 Å². The first-order valence-electron chi connectivity index (χ1n) is 6.01. The van der Waals surface area contributed by atoms with E-state index in [9.17, 15) is 0 Å². The van der Waals surface area contributed by atoms with E-state index in [1.807, 2.05) is 0 Å². The molecule has 0 aliphatic carbocycles. The van der Waals surface area contributed by atoms with Crippen LogP contribution in [0.4, 0.5) is 0 Å². The Morgan fingerprint density at radius 1 is 1.20 bits per heavy atom. The standard InChI is InChI=1S/C11H25N3O/c1-3-10(2)13-4-6-14(7-5-13)11(8-12)9-15/h10-11,15H,3-9,12H2,1-2H3. The van der Waals surface area contributed by atoms with Crippen molar-refractivity contribution in [1.82, 2.24) is 9.80 Å². The summed E-state index contributed by atoms with van der Waals surface area (Å²) in [4.78, 5) is 4.82. The fourth-order valence-corrected chi connectivity index (χ4v) is 2.14. The van der Waals surface area contributed by atoms with Crippen LogP contribution in [0.2, 0.25) is 0 Å². The van der Waals surface area contributed by atoms with Crippen LogP contribution in [-0.2, 0) is 0 Å². The molecule has 2 unspecified atom stereocenters. The molecule has 1 rings (SSSR count). The lowest BCUT2D eigenvalue weighted by Crippen LogP contribution is -2.55. The predicted octanol–water partition coefficient (Wildman–Crippen LogP) is -0.278. The zero-order valence-corrected chi connectivity index (χ0v) is 10.0. The maximum atomic E-state index is 9.16. The van der Waals surface area contributed by atoms with Crippen molar-refractivity contribution in [2.75, 3.05) is 39.3 Å². The molecule has 4 nitrogen and oxygen atoms in total. The zero-order chi connectivity index (χ0) is 11.3. The molecule has 2 atom stereocenters. The quantitative estimate of drug-likeness (QED) is 0.662. The highest BCUT2D eigenvalue weighted by molar-refractivity contribution is 4.80. The number of hydrogen-bond donors (Lipinski definition) is 2. The van der Waals surface area contributed by atoms with Crippen molar-refractivity contribution in [3.05, 3.63) is 0 Å². The molecule has 1 aliphatic rings. The van der Waals surface area contributed by atoms with E-state index in [1.54, 1.807) is 0 Å². The number of rotatable bonds is 5. The lowest BCUT2D eigenvalue weighted by molar-refractivity contribution is 0.0527. The summed E-state index contributed by atoms with van der Waals surface area (Å²) in [5.41, 5.74) is 5.62. The van der Waals surface area contributed by atoms with Crippen LogP contribution in [0.1, 0.15) is 20.3 Å². The number of aliphatic hydroxyl groups is 1. The van der Waals surface area contributed by atoms with Crippen molar-refractivity contribution in [3.8, 4) is 0 Å². The number of nitrogens with zero attached hydrogens (tertiary/aromatic N) is 2. The third-order valence-electron chi connectivity index (χ3n) is 3.56. The predicted molar refractivity (Wildman–Crippen MR) is 62.8 cm³/mol. The molecule has 0 amide bonds. The van der Waals surface area contributed by atoms with Crippen LogP contribution in [0, 0.1) is 0 Å². The average molecular weight is 215 g/mol. The van der Waals surface area contributed by atoms with Gasteiger partial charge in [0.05, 0.1) is 6.61 Å². The fourth-order valence-electron chi connectivity index (χ4n) is 2.14. The Hall–Kier alpha value is -0.160. The maximum Gasteiger partial charge on any atom is 0.0599 e. The van der Waals surface area contributed by atoms with E-state index in [-0.39, 0.29) is 12.6 Å². The second-order valence-corrected chi connectivity index (χ2v) is 4.40. The number of nitrogens with two attached hydrogens (primary N) is 1. The number of piperazine rings is 1. The molecule has 4 heteroatoms. The van der Waals surface area contributed by atoms with Crippen LogP contribution in [0.15, 0.2) is 0 Å². The molecule has 1 aliphatic heterocycles. The maximum absolute atomic E-state index is 9.16. The molecule has 0 bridgehead atoms. The second-order valence-electron chi connectivity index (χ2n) is 4.40. The summed E-state index contributed by atoms with van der Waals surface area (Å²) in [5.74, 6) is 0. The van der Waals surface area contributed by atoms with Crippen LogP contribution in [0.5, 0.6) is 0 Å². The normalized spacial score (nSPS) is 24.0. The van der Waals surface area contributed by atoms with Crippen molar-refractivity contribution in [2.45, 2.75) is 32.4 Å². The van der Waals surface area contributed by atoms with Crippen LogP contribution in [0.25, 0.3) is 0 Å². The van der Waals surface area contributed by atoms with Gasteiger partial charge >= 0.3 is 0 Å². The average Bonchev–Trinajstić information content (AvgIpc) is 2.30. The summed E-state index contributed by atoms with van der Waals surface area (Å²) in [6, 6.07) is 0.835. The van der Waals surface area contributed by atoms with Crippen molar-refractivity contribution >= 4 is 0 Å². The topological polar surface area (TPSA) is 52.7 Å². The highest BCUT2D eigenvalue weighted by atomic mass is 16.3. The van der Waals surface area contributed by atoms with E-state index in [2.05, 4.69) is 23.6 Å². The molecular formula is C11H25N3O. The smallest absolute Gasteiger partial charge is 0.0599 e. The molecule has 15 heavy (non-hydrogen) atoms. The molecule has 0 aromatic rings. The Kier molecular flexibility index (Phi) is 5.53. The van der Waals surface area contributed by atoms with Gasteiger partial charge in [0.25, 0.3) is 0 Å². The lowest BCUT2D eigenvalue weighted by Gasteiger charge is -2.40. The minimum Gasteiger partial charge on any atom is -0.395 e. The van der Waals surface area contributed by atoms with Crippen molar-refractivity contribution in [2.24, 2.45) is 5.73 Å². The zero-order valence-electron chi connectivity index (χ0n) is 10.0. The Morgan fingerprint density at radius 2 is 1.73 bits per heavy atom. The van der Waals surface area contributed by atoms with Gasteiger partial charge in [-0.1, -0.05) is 6.92 Å². The largest absolute Gasteiger partial charge is 0.395 e. The first-order chi connectivity index (χ1) is 7.22. The summed E-state index contributed by atoms with van der Waals surface area (Å²) >= 11 is 0. The second kappa shape index (κ2) is 6.43. The first-order valence-corrected chi connectivity index (χ1v) is 6.01. The highest BCUT2D eigenvalue weighted by Gasteiger charge is 2.24. The summed E-state index contributed by atoms with van der Waals surface area (Å²) in [6.45, 7) is 9.52. The van der Waals surface area contributed by atoms with E-state index in [0.717, 1.165) is 26.2 Å². The monoisotopic (exact) mass is 215 g/mol. The molecule has 1 saturated heterocycles. The van der Waals surface area contributed by atoms with E-state index < -0.39 is 0 Å². The summed E-state index contributed by atoms with van der Waals surface area (Å²) in [7, 11) is 0. The minimum absolute atomic E-state index is 0.157. The molecule has 1 fully saturated rings. The van der Waals surface area contributed by atoms with Crippen LogP contribution < -0.4 is 5.73 Å². The van der Waals surface area contributed by atoms with Gasteiger partial charge in [-0.25, -0.2) is 0 Å². The number of hydrogen-bond acceptors (Lipinski definition) is 4. The van der Waals surface area contributed by atoms with Crippen molar-refractivity contribution in [3.63, 3.8) is 0 Å². The first kappa shape index (κ1) is 12.9. The molecule has 0 aromatic heterocycles. The van der Waals surface area contributed by atoms with E-state index in [1.165, 1.54) is 6.42 Å². The van der Waals surface area contributed by atoms with Crippen LogP contribution in [-0.4, -0.2) is 66.3 Å². The van der Waals surface area contributed by atoms with Crippen molar-refractivity contribution in [1.29, 1.82) is 0 Å². The minimum atomic E-state index is 0.157. The Bertz CT molecular complexity index is 165. The molecule has 1 heterocycles. The Morgan fingerprint density at radius 3 is 2.13 bits per heavy atom. The molecule has 0 saturated carbocycles. The van der Waals surface area contributed by atoms with Gasteiger partial charge in [-0.05, 0) is 13.3 Å². The molecule has 90 valence electrons. The van der Waals surface area contributed by atoms with Gasteiger partial charge in [-0.15, -0.1) is 0 Å². The Balaban J connectivity index is 2.34. The molecular weight excluding hydrogens is 190 g/mol.